The summed E-state index contributed by atoms with van der Waals surface area (Å²) in [6.07, 6.45) is 9.46. The molecule has 7 heteroatoms. The Morgan fingerprint density at radius 3 is 3.12 bits per heavy atom. The number of hydrogen-bond acceptors (Lipinski definition) is 4. The van der Waals surface area contributed by atoms with Gasteiger partial charge < -0.3 is 5.32 Å². The van der Waals surface area contributed by atoms with Crippen LogP contribution in [-0.4, -0.2) is 34.6 Å². The van der Waals surface area contributed by atoms with Crippen molar-refractivity contribution in [2.24, 2.45) is 16.8 Å². The number of nitrogens with zero attached hydrogens (tertiary/aromatic N) is 3. The van der Waals surface area contributed by atoms with Crippen LogP contribution >= 0.6 is 0 Å². The summed E-state index contributed by atoms with van der Waals surface area (Å²) in [7, 11) is 0. The third-order valence-corrected chi connectivity index (χ3v) is 4.52. The normalized spacial score (nSPS) is 20.3. The van der Waals surface area contributed by atoms with Crippen molar-refractivity contribution >= 4 is 23.6 Å². The molecule has 0 aliphatic heterocycles. The number of nitrogens with one attached hydrogen (secondary N) is 2. The number of amides is 2. The number of carbonyl (C=O) groups is 1. The van der Waals surface area contributed by atoms with Crippen molar-refractivity contribution < 1.29 is 9.59 Å². The van der Waals surface area contributed by atoms with Crippen LogP contribution in [0.25, 0.3) is 5.52 Å². The van der Waals surface area contributed by atoms with Crippen LogP contribution in [0, 0.1) is 11.8 Å². The summed E-state index contributed by atoms with van der Waals surface area (Å²) < 4.78 is 1.83. The third-order valence-electron chi connectivity index (χ3n) is 4.52. The van der Waals surface area contributed by atoms with Gasteiger partial charge in [-0.3, -0.25) is 9.72 Å². The van der Waals surface area contributed by atoms with Crippen LogP contribution in [0.5, 0.6) is 0 Å². The van der Waals surface area contributed by atoms with Gasteiger partial charge in [0.1, 0.15) is 0 Å². The van der Waals surface area contributed by atoms with Gasteiger partial charge in [-0.2, -0.15) is 0 Å². The first-order chi connectivity index (χ1) is 11.8. The number of rotatable bonds is 5. The zero-order valence-corrected chi connectivity index (χ0v) is 13.4. The van der Waals surface area contributed by atoms with E-state index in [1.807, 2.05) is 28.8 Å². The van der Waals surface area contributed by atoms with Gasteiger partial charge in [0, 0.05) is 12.7 Å². The molecule has 0 spiro atoms. The number of carbonyl (C=O) groups excluding carboxylic acids is 2. The van der Waals surface area contributed by atoms with Crippen molar-refractivity contribution in [3.05, 3.63) is 30.6 Å². The molecule has 7 nitrogen and oxygen atoms in total. The summed E-state index contributed by atoms with van der Waals surface area (Å²) in [6, 6.07) is 5.50. The molecule has 2 heterocycles. The van der Waals surface area contributed by atoms with E-state index in [-0.39, 0.29) is 6.03 Å². The van der Waals surface area contributed by atoms with Gasteiger partial charge in [-0.15, -0.1) is 0 Å². The molecule has 1 saturated carbocycles. The molecule has 2 N–H and O–H groups in total. The maximum absolute atomic E-state index is 12.1. The molecule has 2 amide bonds. The van der Waals surface area contributed by atoms with Gasteiger partial charge in [-0.05, 0) is 43.2 Å². The Balaban J connectivity index is 1.49. The number of pyridine rings is 1. The first kappa shape index (κ1) is 16.2. The van der Waals surface area contributed by atoms with Gasteiger partial charge in [0.05, 0.1) is 18.3 Å². The van der Waals surface area contributed by atoms with Crippen molar-refractivity contribution in [2.75, 3.05) is 18.4 Å². The number of anilines is 1. The maximum Gasteiger partial charge on any atom is 0.321 e. The second kappa shape index (κ2) is 7.75. The van der Waals surface area contributed by atoms with E-state index in [1.165, 1.54) is 0 Å². The van der Waals surface area contributed by atoms with E-state index < -0.39 is 0 Å². The quantitative estimate of drug-likeness (QED) is 0.653. The molecule has 1 fully saturated rings. The van der Waals surface area contributed by atoms with Crippen LogP contribution in [0.4, 0.5) is 10.7 Å². The lowest BCUT2D eigenvalue weighted by Gasteiger charge is -2.27. The molecule has 3 rings (SSSR count). The fourth-order valence-electron chi connectivity index (χ4n) is 3.34. The summed E-state index contributed by atoms with van der Waals surface area (Å²) in [5.74, 6) is 1.35. The van der Waals surface area contributed by atoms with E-state index in [2.05, 4.69) is 20.6 Å². The predicted octanol–water partition coefficient (Wildman–Crippen LogP) is 2.60. The molecular formula is C17H21N5O2. The van der Waals surface area contributed by atoms with Crippen LogP contribution in [0.3, 0.4) is 0 Å². The number of isocyanates is 1. The Hall–Kier alpha value is -2.66. The molecule has 0 radical (unpaired) electrons. The molecule has 0 saturated heterocycles. The average Bonchev–Trinajstić information content (AvgIpc) is 3.02. The number of hydrogen-bond donors (Lipinski definition) is 2. The summed E-state index contributed by atoms with van der Waals surface area (Å²) >= 11 is 0. The minimum absolute atomic E-state index is 0.251. The van der Waals surface area contributed by atoms with Crippen molar-refractivity contribution in [3.8, 4) is 0 Å². The van der Waals surface area contributed by atoms with E-state index in [0.29, 0.717) is 30.9 Å². The highest BCUT2D eigenvalue weighted by atomic mass is 16.2. The zero-order chi connectivity index (χ0) is 16.8. The first-order valence-electron chi connectivity index (χ1n) is 8.27. The molecule has 2 unspecified atom stereocenters. The van der Waals surface area contributed by atoms with Crippen LogP contribution in [0.15, 0.2) is 35.6 Å². The number of imidazole rings is 1. The van der Waals surface area contributed by atoms with Gasteiger partial charge in [-0.25, -0.2) is 19.6 Å². The molecule has 1 aliphatic carbocycles. The highest BCUT2D eigenvalue weighted by molar-refractivity contribution is 5.87. The number of aliphatic imine (C=N–C) groups is 1. The van der Waals surface area contributed by atoms with Crippen molar-refractivity contribution in [1.82, 2.24) is 14.7 Å². The summed E-state index contributed by atoms with van der Waals surface area (Å²) in [5, 5.41) is 5.70. The van der Waals surface area contributed by atoms with E-state index in [4.69, 9.17) is 0 Å². The first-order valence-corrected chi connectivity index (χ1v) is 8.27. The zero-order valence-electron chi connectivity index (χ0n) is 13.4. The monoisotopic (exact) mass is 327 g/mol. The average molecular weight is 327 g/mol. The minimum atomic E-state index is -0.251. The van der Waals surface area contributed by atoms with Crippen LogP contribution in [0.1, 0.15) is 25.7 Å². The Morgan fingerprint density at radius 2 is 2.25 bits per heavy atom. The summed E-state index contributed by atoms with van der Waals surface area (Å²) in [5.41, 5.74) is 0.929. The standard InChI is InChI=1S/C17H21N5O2/c23-12-18-9-13-4-3-5-14(8-13)10-20-17(24)21-16-19-11-15-6-1-2-7-22(15)16/h1-2,6-7,11,13-14H,3-5,8-10H2,(H2,19,20,21,24). The molecular weight excluding hydrogens is 306 g/mol. The molecule has 0 aromatic carbocycles. The molecule has 1 aliphatic rings. The SMILES string of the molecule is O=C=NCC1CCCC(CNC(=O)Nc2ncc3ccccn23)C1. The minimum Gasteiger partial charge on any atom is -0.338 e. The molecule has 2 atom stereocenters. The predicted molar refractivity (Wildman–Crippen MR) is 90.6 cm³/mol. The van der Waals surface area contributed by atoms with Gasteiger partial charge >= 0.3 is 6.03 Å². The Bertz CT molecular complexity index is 750. The molecule has 24 heavy (non-hydrogen) atoms. The van der Waals surface area contributed by atoms with Gasteiger partial charge in [0.15, 0.2) is 0 Å². The topological polar surface area (TPSA) is 87.9 Å². The molecule has 0 bridgehead atoms. The summed E-state index contributed by atoms with van der Waals surface area (Å²) in [6.45, 7) is 1.17. The lowest BCUT2D eigenvalue weighted by Crippen LogP contribution is -2.35. The lowest BCUT2D eigenvalue weighted by molar-refractivity contribution is 0.239. The smallest absolute Gasteiger partial charge is 0.321 e. The Labute approximate surface area is 140 Å². The van der Waals surface area contributed by atoms with Crippen LogP contribution in [0.2, 0.25) is 0 Å². The fraction of sp³-hybridized carbons (Fsp3) is 0.471. The van der Waals surface area contributed by atoms with E-state index >= 15 is 0 Å². The Kier molecular flexibility index (Phi) is 5.23. The number of urea groups is 1. The van der Waals surface area contributed by atoms with E-state index in [1.54, 1.807) is 12.3 Å². The van der Waals surface area contributed by atoms with Crippen LogP contribution in [-0.2, 0) is 4.79 Å². The maximum atomic E-state index is 12.1. The van der Waals surface area contributed by atoms with E-state index in [9.17, 15) is 9.59 Å². The van der Waals surface area contributed by atoms with Crippen molar-refractivity contribution in [1.29, 1.82) is 0 Å². The second-order valence-corrected chi connectivity index (χ2v) is 6.24. The third kappa shape index (κ3) is 4.00. The molecule has 126 valence electrons. The second-order valence-electron chi connectivity index (χ2n) is 6.24. The molecule has 2 aromatic heterocycles. The number of aromatic nitrogens is 2. The Morgan fingerprint density at radius 1 is 1.38 bits per heavy atom. The van der Waals surface area contributed by atoms with Gasteiger partial charge in [0.25, 0.3) is 0 Å². The van der Waals surface area contributed by atoms with Gasteiger partial charge in [-0.1, -0.05) is 12.5 Å². The van der Waals surface area contributed by atoms with E-state index in [0.717, 1.165) is 31.2 Å². The van der Waals surface area contributed by atoms with Crippen LogP contribution < -0.4 is 10.6 Å². The molecule has 2 aromatic rings. The largest absolute Gasteiger partial charge is 0.338 e. The lowest BCUT2D eigenvalue weighted by atomic mass is 9.81. The van der Waals surface area contributed by atoms with Crippen molar-refractivity contribution in [3.63, 3.8) is 0 Å². The van der Waals surface area contributed by atoms with Gasteiger partial charge in [0.2, 0.25) is 12.0 Å². The number of fused-ring (bicyclic) bond motifs is 1. The highest BCUT2D eigenvalue weighted by Crippen LogP contribution is 2.28. The highest BCUT2D eigenvalue weighted by Gasteiger charge is 2.22. The summed E-state index contributed by atoms with van der Waals surface area (Å²) in [4.78, 5) is 30.2. The fourth-order valence-corrected chi connectivity index (χ4v) is 3.34. The van der Waals surface area contributed by atoms with Crippen molar-refractivity contribution in [2.45, 2.75) is 25.7 Å².